The van der Waals surface area contributed by atoms with E-state index in [-0.39, 0.29) is 17.1 Å². The molecule has 3 aromatic carbocycles. The SMILES string of the molecule is C=C(/C=C(\Nc1cccc(C(C)=N)c1)C(=O)Nc1cc(C(N)(CCC2CC2)c2ccc(C#N)cc2)ccc1F)C(F)(F)F. The lowest BCUT2D eigenvalue weighted by Crippen LogP contribution is -2.38. The van der Waals surface area contributed by atoms with Crippen LogP contribution in [-0.4, -0.2) is 17.8 Å². The van der Waals surface area contributed by atoms with E-state index in [1.807, 2.05) is 0 Å². The van der Waals surface area contributed by atoms with Crippen LogP contribution >= 0.6 is 0 Å². The Morgan fingerprint density at radius 2 is 1.77 bits per heavy atom. The van der Waals surface area contributed by atoms with Crippen molar-refractivity contribution in [3.63, 3.8) is 0 Å². The first-order valence-corrected chi connectivity index (χ1v) is 13.6. The smallest absolute Gasteiger partial charge is 0.351 e. The number of anilines is 2. The van der Waals surface area contributed by atoms with Crippen LogP contribution < -0.4 is 16.4 Å². The van der Waals surface area contributed by atoms with Crippen LogP contribution in [0.5, 0.6) is 0 Å². The molecule has 3 aromatic rings. The van der Waals surface area contributed by atoms with Crippen LogP contribution in [0.25, 0.3) is 0 Å². The van der Waals surface area contributed by atoms with Crippen LogP contribution in [0.2, 0.25) is 0 Å². The molecule has 10 heteroatoms. The van der Waals surface area contributed by atoms with Crippen molar-refractivity contribution in [3.05, 3.63) is 119 Å². The monoisotopic (exact) mass is 589 g/mol. The summed E-state index contributed by atoms with van der Waals surface area (Å²) in [6, 6.07) is 19.1. The van der Waals surface area contributed by atoms with Crippen molar-refractivity contribution >= 4 is 23.0 Å². The first kappa shape index (κ1) is 31.2. The van der Waals surface area contributed by atoms with Gasteiger partial charge in [0.05, 0.1) is 28.4 Å². The number of allylic oxidation sites excluding steroid dienone is 2. The lowest BCUT2D eigenvalue weighted by molar-refractivity contribution is -0.112. The van der Waals surface area contributed by atoms with Gasteiger partial charge < -0.3 is 21.8 Å². The maximum atomic E-state index is 15.1. The van der Waals surface area contributed by atoms with Gasteiger partial charge in [-0.2, -0.15) is 18.4 Å². The number of nitrogens with two attached hydrogens (primary N) is 1. The summed E-state index contributed by atoms with van der Waals surface area (Å²) in [6.45, 7) is 4.57. The molecule has 0 spiro atoms. The average molecular weight is 590 g/mol. The van der Waals surface area contributed by atoms with Crippen molar-refractivity contribution in [2.24, 2.45) is 11.7 Å². The maximum Gasteiger partial charge on any atom is 0.415 e. The predicted octanol–water partition coefficient (Wildman–Crippen LogP) is 7.53. The van der Waals surface area contributed by atoms with Crippen molar-refractivity contribution in [1.82, 2.24) is 0 Å². The zero-order chi connectivity index (χ0) is 31.4. The summed E-state index contributed by atoms with van der Waals surface area (Å²) in [5.41, 5.74) is 6.38. The average Bonchev–Trinajstić information content (AvgIpc) is 3.81. The van der Waals surface area contributed by atoms with Gasteiger partial charge >= 0.3 is 6.18 Å². The summed E-state index contributed by atoms with van der Waals surface area (Å²) < 4.78 is 55.2. The van der Waals surface area contributed by atoms with E-state index >= 15 is 4.39 Å². The van der Waals surface area contributed by atoms with Crippen molar-refractivity contribution in [1.29, 1.82) is 10.7 Å². The molecule has 0 aromatic heterocycles. The molecule has 43 heavy (non-hydrogen) atoms. The van der Waals surface area contributed by atoms with Crippen LogP contribution in [0.3, 0.4) is 0 Å². The Morgan fingerprint density at radius 3 is 2.37 bits per heavy atom. The highest BCUT2D eigenvalue weighted by Crippen LogP contribution is 2.40. The van der Waals surface area contributed by atoms with E-state index in [9.17, 15) is 23.2 Å². The molecule has 1 atom stereocenters. The highest BCUT2D eigenvalue weighted by atomic mass is 19.4. The Bertz CT molecular complexity index is 1620. The Kier molecular flexibility index (Phi) is 9.16. The first-order valence-electron chi connectivity index (χ1n) is 13.6. The second kappa shape index (κ2) is 12.6. The van der Waals surface area contributed by atoms with Gasteiger partial charge in [-0.25, -0.2) is 4.39 Å². The van der Waals surface area contributed by atoms with Crippen LogP contribution in [-0.2, 0) is 10.3 Å². The highest BCUT2D eigenvalue weighted by molar-refractivity contribution is 6.06. The number of amides is 1. The highest BCUT2D eigenvalue weighted by Gasteiger charge is 2.34. The van der Waals surface area contributed by atoms with Crippen LogP contribution in [0, 0.1) is 28.5 Å². The largest absolute Gasteiger partial charge is 0.415 e. The third-order valence-electron chi connectivity index (χ3n) is 7.40. The van der Waals surface area contributed by atoms with Gasteiger partial charge in [0.25, 0.3) is 5.91 Å². The van der Waals surface area contributed by atoms with Crippen molar-refractivity contribution in [3.8, 4) is 6.07 Å². The van der Waals surface area contributed by atoms with Crippen molar-refractivity contribution in [2.45, 2.75) is 44.3 Å². The van der Waals surface area contributed by atoms with E-state index in [1.54, 1.807) is 43.3 Å². The standard InChI is InChI=1S/C33H31F4N5O/c1-20(33(35,36)37)16-30(41-27-5-3-4-24(17-27)21(2)39)31(43)42-29-18-26(12-13-28(29)34)32(40,15-14-22-6-7-22)25-10-8-23(19-38)9-11-25/h3-5,8-13,16-18,22,39,41H,1,6-7,14-15,40H2,2H3,(H,42,43)/b30-16-,39-21?. The maximum absolute atomic E-state index is 15.1. The number of nitrogens with zero attached hydrogens (tertiary/aromatic N) is 1. The molecule has 0 aliphatic heterocycles. The molecule has 0 bridgehead atoms. The first-order chi connectivity index (χ1) is 20.3. The molecule has 0 radical (unpaired) electrons. The lowest BCUT2D eigenvalue weighted by atomic mass is 9.79. The van der Waals surface area contributed by atoms with E-state index in [0.29, 0.717) is 40.7 Å². The molecule has 1 aliphatic carbocycles. The molecule has 1 saturated carbocycles. The molecule has 5 N–H and O–H groups in total. The molecular weight excluding hydrogens is 558 g/mol. The Labute approximate surface area is 247 Å². The topological polar surface area (TPSA) is 115 Å². The lowest BCUT2D eigenvalue weighted by Gasteiger charge is -2.32. The summed E-state index contributed by atoms with van der Waals surface area (Å²) in [5.74, 6) is -1.31. The zero-order valence-corrected chi connectivity index (χ0v) is 23.5. The van der Waals surface area contributed by atoms with E-state index < -0.39 is 34.7 Å². The number of nitrogens with one attached hydrogen (secondary N) is 3. The fourth-order valence-corrected chi connectivity index (χ4v) is 4.62. The number of alkyl halides is 3. The van der Waals surface area contributed by atoms with E-state index in [0.717, 1.165) is 25.3 Å². The number of benzene rings is 3. The molecule has 222 valence electrons. The zero-order valence-electron chi connectivity index (χ0n) is 23.5. The molecule has 4 rings (SSSR count). The Hall–Kier alpha value is -4.75. The van der Waals surface area contributed by atoms with Crippen LogP contribution in [0.15, 0.2) is 90.7 Å². The molecule has 1 fully saturated rings. The number of carbonyl (C=O) groups excluding carboxylic acids is 1. The summed E-state index contributed by atoms with van der Waals surface area (Å²) >= 11 is 0. The Morgan fingerprint density at radius 1 is 1.09 bits per heavy atom. The van der Waals surface area contributed by atoms with Gasteiger partial charge in [-0.15, -0.1) is 0 Å². The van der Waals surface area contributed by atoms with Gasteiger partial charge in [-0.05, 0) is 84.8 Å². The van der Waals surface area contributed by atoms with E-state index in [4.69, 9.17) is 11.1 Å². The second-order valence-corrected chi connectivity index (χ2v) is 10.7. The van der Waals surface area contributed by atoms with Gasteiger partial charge in [0.2, 0.25) is 0 Å². The van der Waals surface area contributed by atoms with Crippen LogP contribution in [0.1, 0.15) is 54.9 Å². The summed E-state index contributed by atoms with van der Waals surface area (Å²) in [4.78, 5) is 13.4. The van der Waals surface area contributed by atoms with Gasteiger partial charge in [-0.3, -0.25) is 4.79 Å². The summed E-state index contributed by atoms with van der Waals surface area (Å²) in [7, 11) is 0. The third kappa shape index (κ3) is 7.76. The molecule has 0 saturated heterocycles. The Balaban J connectivity index is 1.69. The van der Waals surface area contributed by atoms with Gasteiger partial charge in [0.1, 0.15) is 11.5 Å². The molecular formula is C33H31F4N5O. The summed E-state index contributed by atoms with van der Waals surface area (Å²) in [5, 5.41) is 22.1. The van der Waals surface area contributed by atoms with Gasteiger partial charge in [0, 0.05) is 11.4 Å². The normalized spacial score (nSPS) is 14.8. The fourth-order valence-electron chi connectivity index (χ4n) is 4.62. The number of hydrogen-bond donors (Lipinski definition) is 4. The number of hydrogen-bond acceptors (Lipinski definition) is 5. The number of nitriles is 1. The van der Waals surface area contributed by atoms with Gasteiger partial charge in [-0.1, -0.05) is 49.8 Å². The third-order valence-corrected chi connectivity index (χ3v) is 7.40. The summed E-state index contributed by atoms with van der Waals surface area (Å²) in [6.07, 6.45) is -0.735. The molecule has 1 aliphatic rings. The van der Waals surface area contributed by atoms with Crippen LogP contribution in [0.4, 0.5) is 28.9 Å². The minimum absolute atomic E-state index is 0.214. The van der Waals surface area contributed by atoms with Crippen molar-refractivity contribution in [2.75, 3.05) is 10.6 Å². The number of carbonyl (C=O) groups is 1. The quantitative estimate of drug-likeness (QED) is 0.0801. The molecule has 1 amide bonds. The number of halogens is 4. The second-order valence-electron chi connectivity index (χ2n) is 10.7. The van der Waals surface area contributed by atoms with Gasteiger partial charge in [0.15, 0.2) is 0 Å². The van der Waals surface area contributed by atoms with E-state index in [1.165, 1.54) is 24.3 Å². The fraction of sp³-hybridized carbons (Fsp3) is 0.242. The molecule has 0 heterocycles. The minimum atomic E-state index is -4.81. The molecule has 6 nitrogen and oxygen atoms in total. The number of rotatable bonds is 11. The molecule has 1 unspecified atom stereocenters. The minimum Gasteiger partial charge on any atom is -0.351 e. The van der Waals surface area contributed by atoms with E-state index in [2.05, 4.69) is 23.3 Å². The predicted molar refractivity (Wildman–Crippen MR) is 159 cm³/mol. The van der Waals surface area contributed by atoms with Crippen molar-refractivity contribution < 1.29 is 22.4 Å².